The Labute approximate surface area is 896 Å². The fourth-order valence-electron chi connectivity index (χ4n) is 18.1. The maximum absolute atomic E-state index is 13.8. The topological polar surface area (TPSA) is 487 Å². The number of nitrogens with zero attached hydrogens (tertiary/aromatic N) is 7. The van der Waals surface area contributed by atoms with E-state index in [1.165, 1.54) is 165 Å². The van der Waals surface area contributed by atoms with Gasteiger partial charge < -0.3 is 75.1 Å². The van der Waals surface area contributed by atoms with Crippen LogP contribution in [0.4, 0.5) is 11.6 Å². The number of rotatable bonds is 86. The number of aliphatic hydroxyl groups excluding tert-OH is 1. The van der Waals surface area contributed by atoms with E-state index in [1.54, 1.807) is 31.2 Å². The highest BCUT2D eigenvalue weighted by Crippen LogP contribution is 2.49. The summed E-state index contributed by atoms with van der Waals surface area (Å²) in [6, 6.07) is 10.8. The number of carboxylic acids is 1. The number of benzene rings is 2. The van der Waals surface area contributed by atoms with Crippen LogP contribution >= 0.6 is 36.1 Å². The van der Waals surface area contributed by atoms with Crippen molar-refractivity contribution < 1.29 is 101 Å². The first-order chi connectivity index (χ1) is 72.0. The van der Waals surface area contributed by atoms with Crippen LogP contribution in [0.25, 0.3) is 11.2 Å². The molecule has 0 aliphatic carbocycles. The number of likely N-dealkylation sites (N-methyl/N-ethyl adjacent to an activating group) is 1. The summed E-state index contributed by atoms with van der Waals surface area (Å²) >= 11 is 4.83. The van der Waals surface area contributed by atoms with Crippen LogP contribution in [0.5, 0.6) is 5.75 Å². The van der Waals surface area contributed by atoms with Gasteiger partial charge in [0.25, 0.3) is 11.5 Å². The Morgan fingerprint density at radius 2 is 1.18 bits per heavy atom. The Bertz CT molecular complexity index is 4840. The predicted molar refractivity (Wildman–Crippen MR) is 594 cm³/mol. The number of H-pyrrole nitrogens is 1. The Morgan fingerprint density at radius 3 is 1.80 bits per heavy atom. The number of hydrogen-bond acceptors (Lipinski definition) is 29. The van der Waals surface area contributed by atoms with Gasteiger partial charge in [0, 0.05) is 113 Å². The highest BCUT2D eigenvalue weighted by molar-refractivity contribution is 8.76. The number of Topliss-reactive ketones (excluding diaryl/α,β-unsaturated/α-hetero) is 2. The lowest BCUT2D eigenvalue weighted by Gasteiger charge is -2.29. The quantitative estimate of drug-likeness (QED) is 0.00372. The number of allylic oxidation sites excluding steroid dienone is 8. The van der Waals surface area contributed by atoms with E-state index in [0.717, 1.165) is 121 Å². The average molecular weight is 2180 g/mol. The van der Waals surface area contributed by atoms with E-state index >= 15 is 0 Å². The number of nitrogen functional groups attached to an aromatic ring is 1. The number of unbranched alkanes of at least 4 members (excludes halogenated alkanes) is 27. The maximum atomic E-state index is 13.8. The number of aliphatic hydroxyl groups is 1. The lowest BCUT2D eigenvalue weighted by Crippen LogP contribution is -2.41. The zero-order valence-electron chi connectivity index (χ0n) is 88.8. The summed E-state index contributed by atoms with van der Waals surface area (Å²) in [5.41, 5.74) is 10.5. The van der Waals surface area contributed by atoms with Gasteiger partial charge in [-0.2, -0.15) is 14.8 Å². The maximum Gasteiger partial charge on any atom is 0.472 e. The van der Waals surface area contributed by atoms with Crippen molar-refractivity contribution >= 4 is 124 Å². The molecule has 5 heterocycles. The van der Waals surface area contributed by atoms with E-state index < -0.39 is 74.7 Å². The molecule has 4 aromatic rings. The second-order valence-electron chi connectivity index (χ2n) is 39.4. The van der Waals surface area contributed by atoms with Crippen LogP contribution in [0, 0.1) is 0 Å². The number of nitrogens with two attached hydrogens (primary N) is 1. The number of anilines is 2. The molecular weight excluding hydrogens is 2000 g/mol. The molecule has 0 radical (unpaired) electrons. The molecule has 5 unspecified atom stereocenters. The number of hydrogen-bond donors (Lipinski definition) is 11. The van der Waals surface area contributed by atoms with Crippen molar-refractivity contribution in [2.75, 3.05) is 88.8 Å². The van der Waals surface area contributed by atoms with Crippen LogP contribution in [0.1, 0.15) is 370 Å². The zero-order valence-corrected chi connectivity index (χ0v) is 93.1. The number of nitrogens with one attached hydrogen (secondary N) is 5. The van der Waals surface area contributed by atoms with Crippen molar-refractivity contribution in [3.05, 3.63) is 131 Å². The largest absolute Gasteiger partial charge is 0.494 e. The average Bonchev–Trinajstić information content (AvgIpc) is 1.74. The minimum absolute atomic E-state index is 0.000648. The standard InChI is InChI=1S/C109H173N13O22P2S3/c1-5-7-9-11-13-15-17-19-21-23-25-27-29-31-37-45-68-109(69-46-38-32-30-28-26-24-22-20-18-16-14-12-10-8-6-2)139-84-97(142-109)80-120(4)71-48-40-43-52-92(123)51-42-35-36-44-55-101(128)122-81-96(76-91(122)83-141-146(137,147)144-134)143-145(135,136)140-82-90-75-94(125)79-121(90)102(129)56-50-73-148-149-74-67-100(127)119-118-85(3)86-59-64-95(65-60-86)138-72-49-54-99(126)111-70-47-39-33-34-41-53-93(124)63-66-98(107(132)133)115-105(130)87-57-61-88(62-58-87)112-77-89-78-113-104-103(114-89)106(131)117-108(110)116-104/h13-16,19-22,57-62,64-65,78,90-91,94,96-98,112,125,134H,5-12,17-18,23-56,63,66-77,79-84H2,1-4H3,(H,111,126)(H,115,130)(H,119,127)(H,132,133)(H,135,136)(H,137,147)(H3,110,113,116,117,131)/b15-13-,16-14-,21-19-,22-20-,118-85+/t90?,91-,94+,96+,97?,98?,146?/m0/s1. The predicted octanol–water partition coefficient (Wildman–Crippen LogP) is 20.9. The zero-order chi connectivity index (χ0) is 107. The molecule has 3 saturated heterocycles. The number of carboxylic acid groups (broad SMARTS) is 1. The van der Waals surface area contributed by atoms with Crippen LogP contribution in [-0.2, 0) is 84.2 Å². The summed E-state index contributed by atoms with van der Waals surface area (Å²) in [6.07, 6.45) is 61.7. The number of phosphoric acid groups is 1. The molecule has 834 valence electrons. The Hall–Kier alpha value is -8.01. The van der Waals surface area contributed by atoms with Gasteiger partial charge in [-0.3, -0.25) is 52.4 Å². The van der Waals surface area contributed by atoms with Gasteiger partial charge in [0.1, 0.15) is 23.4 Å². The van der Waals surface area contributed by atoms with Gasteiger partial charge in [-0.15, -0.1) is 0 Å². The molecule has 3 aliphatic heterocycles. The summed E-state index contributed by atoms with van der Waals surface area (Å²) in [5, 5.41) is 42.5. The first kappa shape index (κ1) is 128. The first-order valence-corrected chi connectivity index (χ1v) is 61.5. The van der Waals surface area contributed by atoms with E-state index in [4.69, 9.17) is 45.3 Å². The number of carbonyl (C=O) groups is 8. The van der Waals surface area contributed by atoms with Crippen molar-refractivity contribution in [2.45, 2.75) is 397 Å². The second kappa shape index (κ2) is 75.7. The number of phosphoric ester groups is 1. The van der Waals surface area contributed by atoms with Crippen LogP contribution in [0.15, 0.2) is 113 Å². The number of aromatic nitrogens is 4. The number of β-amino-alcohol motifs (C(OH)–C–C–N with tert-alkyl or cyclic N) is 1. The number of aliphatic carboxylic acids is 1. The molecule has 40 heteroatoms. The lowest BCUT2D eigenvalue weighted by atomic mass is 9.98. The normalized spacial score (nSPS) is 17.4. The van der Waals surface area contributed by atoms with Crippen molar-refractivity contribution in [1.82, 2.24) is 50.7 Å². The van der Waals surface area contributed by atoms with Gasteiger partial charge in [0.05, 0.1) is 81.0 Å². The molecule has 3 fully saturated rings. The molecule has 0 bridgehead atoms. The van der Waals surface area contributed by atoms with Gasteiger partial charge >= 0.3 is 20.5 Å². The summed E-state index contributed by atoms with van der Waals surface area (Å²) in [6.45, 7) is 4.67. The van der Waals surface area contributed by atoms with Crippen LogP contribution in [-0.4, -0.2) is 233 Å². The van der Waals surface area contributed by atoms with Crippen LogP contribution in [0.3, 0.4) is 0 Å². The van der Waals surface area contributed by atoms with Crippen LogP contribution < -0.4 is 37.4 Å². The number of amides is 5. The number of hydrazone groups is 1. The molecular formula is C109H173N13O22P2S3. The molecule has 2 aromatic carbocycles. The molecule has 3 aliphatic rings. The first-order valence-electron chi connectivity index (χ1n) is 54.9. The van der Waals surface area contributed by atoms with Crippen molar-refractivity contribution in [2.24, 2.45) is 5.10 Å². The fraction of sp³-hybridized carbons (Fsp3) is 0.679. The van der Waals surface area contributed by atoms with E-state index in [9.17, 15) is 73.0 Å². The molecule has 149 heavy (non-hydrogen) atoms. The SMILES string of the molecule is CCCCC/C=C\C/C=C\CCCCCCCCC1(CCCCCCCC/C=C\C/C=C\CCCCC)OCC(CN(C)CCCCCC(=O)CCCCCCC(=O)N2C[C@H](OP(=O)(O)OCC3C[C@@H](O)CN3C(=O)CCCSSCCC(=O)N/N=C(\C)c3ccc(OCCCC(=O)NCCCCCCCC(=O)CCC(NC(=O)c4ccc(NCc5cnc6nc(N)[nH]c(=O)c6n5)cc4)C(=O)O)cc3)C[C@H]2COP(O)(=S)OO)O1. The van der Waals surface area contributed by atoms with Gasteiger partial charge in [-0.1, -0.05) is 200 Å². The Morgan fingerprint density at radius 1 is 0.638 bits per heavy atom. The third-order valence-corrected chi connectivity index (χ3v) is 31.4. The Kier molecular flexibility index (Phi) is 65.0. The van der Waals surface area contributed by atoms with E-state index in [2.05, 4.69) is 125 Å². The summed E-state index contributed by atoms with van der Waals surface area (Å²) in [4.78, 5) is 157. The number of likely N-dealkylation sites (tertiary alicyclic amines) is 2. The number of ketones is 2. The van der Waals surface area contributed by atoms with E-state index in [1.807, 2.05) is 12.1 Å². The number of aromatic amines is 1. The van der Waals surface area contributed by atoms with Crippen molar-refractivity contribution in [3.63, 3.8) is 0 Å². The summed E-state index contributed by atoms with van der Waals surface area (Å²) in [5.74, 6) is -1.54. The summed E-state index contributed by atoms with van der Waals surface area (Å²) in [7, 11) is 0.296. The van der Waals surface area contributed by atoms with Gasteiger partial charge in [0.15, 0.2) is 17.0 Å². The highest BCUT2D eigenvalue weighted by atomic mass is 33.1. The van der Waals surface area contributed by atoms with E-state index in [0.29, 0.717) is 112 Å². The lowest BCUT2D eigenvalue weighted by molar-refractivity contribution is -0.180. The molecule has 5 amide bonds. The second-order valence-corrected chi connectivity index (χ2v) is 46.3. The minimum atomic E-state index is -4.84. The molecule has 0 saturated carbocycles. The molecule has 35 nitrogen and oxygen atoms in total. The van der Waals surface area contributed by atoms with E-state index in [-0.39, 0.29) is 142 Å². The molecule has 8 atom stereocenters. The van der Waals surface area contributed by atoms with Crippen LogP contribution in [0.2, 0.25) is 0 Å². The van der Waals surface area contributed by atoms with Crippen molar-refractivity contribution in [3.8, 4) is 5.75 Å². The number of fused-ring (bicyclic) bond motifs is 1. The summed E-state index contributed by atoms with van der Waals surface area (Å²) < 4.78 is 53.4. The third-order valence-electron chi connectivity index (χ3n) is 26.6. The van der Waals surface area contributed by atoms with Gasteiger partial charge in [0.2, 0.25) is 29.6 Å². The molecule has 2 aromatic heterocycles. The number of ether oxygens (including phenoxy) is 3. The molecule has 12 N–H and O–H groups in total. The van der Waals surface area contributed by atoms with Gasteiger partial charge in [-0.25, -0.2) is 30.0 Å². The molecule has 7 rings (SSSR count). The molecule has 0 spiro atoms. The minimum Gasteiger partial charge on any atom is -0.494 e. The van der Waals surface area contributed by atoms with Gasteiger partial charge in [-0.05, 0) is 234 Å². The van der Waals surface area contributed by atoms with Crippen molar-refractivity contribution in [1.29, 1.82) is 0 Å². The number of carbonyl (C=O) groups excluding carboxylic acids is 7. The Balaban J connectivity index is 0.675. The highest BCUT2D eigenvalue weighted by Gasteiger charge is 2.44. The smallest absolute Gasteiger partial charge is 0.472 e. The fourth-order valence-corrected chi connectivity index (χ4v) is 21.8. The third kappa shape index (κ3) is 56.1. The monoisotopic (exact) mass is 2170 g/mol.